The molecule has 0 fully saturated rings. The van der Waals surface area contributed by atoms with Crippen molar-refractivity contribution in [3.05, 3.63) is 99.8 Å². The lowest BCUT2D eigenvalue weighted by molar-refractivity contribution is -0.384. The Bertz CT molecular complexity index is 1590. The number of carbonyl (C=O) groups is 3. The summed E-state index contributed by atoms with van der Waals surface area (Å²) in [5.74, 6) is -3.22. The van der Waals surface area contributed by atoms with Crippen LogP contribution < -0.4 is 10.1 Å². The monoisotopic (exact) mass is 648 g/mol. The zero-order chi connectivity index (χ0) is 34.0. The number of non-ortho nitro benzene ring substituents is 1. The SMILES string of the molecule is COC(=O)C1=C(C)NC(C)C(CCOC(=O)c2ccc(OCCCCCCn3ccnc3)cc2)(C(=O)O)C1c1cccc([N+](=O)[O-])c1. The molecule has 0 saturated carbocycles. The average Bonchev–Trinajstić information content (AvgIpc) is 3.58. The predicted octanol–water partition coefficient (Wildman–Crippen LogP) is 5.27. The first-order valence-corrected chi connectivity index (χ1v) is 15.5. The fourth-order valence-corrected chi connectivity index (χ4v) is 6.14. The molecule has 13 heteroatoms. The van der Waals surface area contributed by atoms with E-state index in [0.717, 1.165) is 32.2 Å². The van der Waals surface area contributed by atoms with Gasteiger partial charge in [-0.25, -0.2) is 14.6 Å². The number of carboxylic acids is 1. The maximum absolute atomic E-state index is 13.1. The van der Waals surface area contributed by atoms with E-state index in [1.807, 2.05) is 12.5 Å². The Morgan fingerprint density at radius 1 is 1.06 bits per heavy atom. The zero-order valence-corrected chi connectivity index (χ0v) is 26.7. The molecule has 2 heterocycles. The van der Waals surface area contributed by atoms with Crippen molar-refractivity contribution >= 4 is 23.6 Å². The predicted molar refractivity (Wildman–Crippen MR) is 171 cm³/mol. The molecule has 1 aromatic heterocycles. The van der Waals surface area contributed by atoms with Crippen molar-refractivity contribution in [2.45, 2.75) is 64.5 Å². The molecule has 47 heavy (non-hydrogen) atoms. The molecule has 4 rings (SSSR count). The third-order valence-electron chi connectivity index (χ3n) is 8.61. The van der Waals surface area contributed by atoms with E-state index >= 15 is 0 Å². The number of hydrogen-bond acceptors (Lipinski definition) is 10. The highest BCUT2D eigenvalue weighted by Gasteiger charge is 2.56. The molecule has 1 aliphatic rings. The van der Waals surface area contributed by atoms with E-state index in [4.69, 9.17) is 14.2 Å². The molecule has 3 aromatic rings. The van der Waals surface area contributed by atoms with E-state index in [0.29, 0.717) is 18.1 Å². The number of aromatic nitrogens is 2. The number of rotatable bonds is 16. The van der Waals surface area contributed by atoms with E-state index < -0.39 is 40.2 Å². The van der Waals surface area contributed by atoms with E-state index in [9.17, 15) is 29.6 Å². The summed E-state index contributed by atoms with van der Waals surface area (Å²) >= 11 is 0. The quantitative estimate of drug-likeness (QED) is 0.0897. The number of hydrogen-bond donors (Lipinski definition) is 2. The van der Waals surface area contributed by atoms with Crippen molar-refractivity contribution in [1.29, 1.82) is 0 Å². The van der Waals surface area contributed by atoms with Crippen LogP contribution in [-0.4, -0.2) is 63.9 Å². The first-order valence-electron chi connectivity index (χ1n) is 15.5. The van der Waals surface area contributed by atoms with Gasteiger partial charge in [-0.2, -0.15) is 0 Å². The number of nitrogens with zero attached hydrogens (tertiary/aromatic N) is 3. The van der Waals surface area contributed by atoms with Crippen LogP contribution in [-0.2, 0) is 25.6 Å². The van der Waals surface area contributed by atoms with Gasteiger partial charge in [0.05, 0.1) is 42.7 Å². The molecule has 0 bridgehead atoms. The van der Waals surface area contributed by atoms with E-state index in [-0.39, 0.29) is 35.4 Å². The molecule has 0 radical (unpaired) electrons. The Kier molecular flexibility index (Phi) is 11.7. The number of aryl methyl sites for hydroxylation is 1. The second-order valence-corrected chi connectivity index (χ2v) is 11.5. The minimum atomic E-state index is -1.74. The van der Waals surface area contributed by atoms with Crippen molar-refractivity contribution < 1.29 is 38.6 Å². The van der Waals surface area contributed by atoms with Crippen molar-refractivity contribution in [3.63, 3.8) is 0 Å². The van der Waals surface area contributed by atoms with E-state index in [1.54, 1.807) is 50.4 Å². The third-order valence-corrected chi connectivity index (χ3v) is 8.61. The number of nitro benzene ring substituents is 1. The number of allylic oxidation sites excluding steroid dienone is 1. The van der Waals surface area contributed by atoms with Crippen LogP contribution in [0.5, 0.6) is 5.75 Å². The fraction of sp³-hybridized carbons (Fsp3) is 0.412. The molecule has 0 spiro atoms. The lowest BCUT2D eigenvalue weighted by Crippen LogP contribution is -2.57. The summed E-state index contributed by atoms with van der Waals surface area (Å²) in [6, 6.07) is 11.3. The number of carboxylic acid groups (broad SMARTS) is 1. The number of carbonyl (C=O) groups excluding carboxylic acids is 2. The Morgan fingerprint density at radius 2 is 1.81 bits per heavy atom. The lowest BCUT2D eigenvalue weighted by Gasteiger charge is -2.47. The molecule has 2 aromatic carbocycles. The first kappa shape index (κ1) is 34.7. The number of aliphatic carboxylic acids is 1. The second-order valence-electron chi connectivity index (χ2n) is 11.5. The van der Waals surface area contributed by atoms with Crippen LogP contribution >= 0.6 is 0 Å². The van der Waals surface area contributed by atoms with Gasteiger partial charge in [0.25, 0.3) is 5.69 Å². The Balaban J connectivity index is 1.40. The highest BCUT2D eigenvalue weighted by molar-refractivity contribution is 5.94. The van der Waals surface area contributed by atoms with Crippen molar-refractivity contribution in [2.24, 2.45) is 5.41 Å². The fourth-order valence-electron chi connectivity index (χ4n) is 6.14. The minimum Gasteiger partial charge on any atom is -0.494 e. The van der Waals surface area contributed by atoms with Gasteiger partial charge in [-0.3, -0.25) is 14.9 Å². The molecule has 250 valence electrons. The van der Waals surface area contributed by atoms with E-state index in [1.165, 1.54) is 25.3 Å². The van der Waals surface area contributed by atoms with Crippen LogP contribution in [0.15, 0.2) is 78.5 Å². The molecule has 3 atom stereocenters. The van der Waals surface area contributed by atoms with Crippen LogP contribution in [0, 0.1) is 15.5 Å². The topological polar surface area (TPSA) is 172 Å². The number of nitro groups is 1. The molecule has 0 saturated heterocycles. The smallest absolute Gasteiger partial charge is 0.338 e. The molecule has 13 nitrogen and oxygen atoms in total. The molecule has 1 aliphatic heterocycles. The van der Waals surface area contributed by atoms with Crippen molar-refractivity contribution in [1.82, 2.24) is 14.9 Å². The molecule has 0 amide bonds. The molecule has 0 aliphatic carbocycles. The summed E-state index contributed by atoms with van der Waals surface area (Å²) in [6.07, 6.45) is 9.40. The van der Waals surface area contributed by atoms with Gasteiger partial charge in [0.1, 0.15) is 11.2 Å². The van der Waals surface area contributed by atoms with Gasteiger partial charge in [0, 0.05) is 55.1 Å². The summed E-state index contributed by atoms with van der Waals surface area (Å²) in [7, 11) is 1.18. The highest BCUT2D eigenvalue weighted by atomic mass is 16.6. The van der Waals surface area contributed by atoms with Gasteiger partial charge in [0.2, 0.25) is 0 Å². The number of nitrogens with one attached hydrogen (secondary N) is 1. The second kappa shape index (κ2) is 15.9. The van der Waals surface area contributed by atoms with Crippen molar-refractivity contribution in [3.8, 4) is 5.75 Å². The number of ether oxygens (including phenoxy) is 3. The third kappa shape index (κ3) is 8.15. The standard InChI is InChI=1S/C34H40N4O9/c1-23-29(32(40)45-3)30(26-9-8-10-27(21-26)38(43)44)34(33(41)42,24(2)36-23)15-20-47-31(39)25-11-13-28(14-12-25)46-19-7-5-4-6-17-37-18-16-35-22-37/h8-14,16,18,21-22,24,30,36H,4-7,15,17,19-20H2,1-3H3,(H,41,42). The van der Waals surface area contributed by atoms with E-state index in [2.05, 4.69) is 14.9 Å². The summed E-state index contributed by atoms with van der Waals surface area (Å²) in [6.45, 7) is 4.46. The summed E-state index contributed by atoms with van der Waals surface area (Å²) in [5, 5.41) is 25.4. The number of esters is 2. The largest absolute Gasteiger partial charge is 0.494 e. The number of imidazole rings is 1. The Morgan fingerprint density at radius 3 is 2.47 bits per heavy atom. The maximum Gasteiger partial charge on any atom is 0.338 e. The number of unbranched alkanes of at least 4 members (excludes halogenated alkanes) is 3. The Hall–Kier alpha value is -5.20. The summed E-state index contributed by atoms with van der Waals surface area (Å²) in [5.41, 5.74) is -1.05. The van der Waals surface area contributed by atoms with Gasteiger partial charge in [-0.1, -0.05) is 25.0 Å². The molecule has 3 unspecified atom stereocenters. The highest BCUT2D eigenvalue weighted by Crippen LogP contribution is 2.51. The molecule has 2 N–H and O–H groups in total. The van der Waals surface area contributed by atoms with Crippen LogP contribution in [0.25, 0.3) is 0 Å². The zero-order valence-electron chi connectivity index (χ0n) is 26.7. The van der Waals surface area contributed by atoms with Gasteiger partial charge < -0.3 is 29.2 Å². The van der Waals surface area contributed by atoms with Crippen LogP contribution in [0.4, 0.5) is 5.69 Å². The first-order chi connectivity index (χ1) is 22.6. The Labute approximate surface area is 272 Å². The van der Waals surface area contributed by atoms with Gasteiger partial charge in [0.15, 0.2) is 0 Å². The molecular formula is C34H40N4O9. The number of benzene rings is 2. The van der Waals surface area contributed by atoms with Gasteiger partial charge in [-0.05, 0) is 56.5 Å². The summed E-state index contributed by atoms with van der Waals surface area (Å²) < 4.78 is 18.4. The number of methoxy groups -OCH3 is 1. The minimum absolute atomic E-state index is 0.0323. The summed E-state index contributed by atoms with van der Waals surface area (Å²) in [4.78, 5) is 54.1. The van der Waals surface area contributed by atoms with Gasteiger partial charge >= 0.3 is 17.9 Å². The van der Waals surface area contributed by atoms with Crippen LogP contribution in [0.3, 0.4) is 0 Å². The van der Waals surface area contributed by atoms with Crippen LogP contribution in [0.1, 0.15) is 67.8 Å². The van der Waals surface area contributed by atoms with Crippen molar-refractivity contribution in [2.75, 3.05) is 20.3 Å². The van der Waals surface area contributed by atoms with Crippen LogP contribution in [0.2, 0.25) is 0 Å². The normalized spacial score (nSPS) is 19.0. The lowest BCUT2D eigenvalue weighted by atomic mass is 9.60. The average molecular weight is 649 g/mol. The van der Waals surface area contributed by atoms with Gasteiger partial charge in [-0.15, -0.1) is 0 Å². The maximum atomic E-state index is 13.1. The molecular weight excluding hydrogens is 608 g/mol.